The van der Waals surface area contributed by atoms with Crippen LogP contribution in [-0.4, -0.2) is 30.7 Å². The minimum atomic E-state index is -4.33. The van der Waals surface area contributed by atoms with Gasteiger partial charge in [0.25, 0.3) is 10.1 Å². The van der Waals surface area contributed by atoms with Crippen molar-refractivity contribution in [2.24, 2.45) is 10.7 Å². The molecule has 0 atom stereocenters. The molecule has 1 rings (SSSR count). The zero-order chi connectivity index (χ0) is 15.3. The van der Waals surface area contributed by atoms with Crippen LogP contribution in [0.25, 0.3) is 0 Å². The second-order valence-electron chi connectivity index (χ2n) is 4.54. The molecular weight excluding hydrogens is 302 g/mol. The van der Waals surface area contributed by atoms with Gasteiger partial charge < -0.3 is 11.1 Å². The lowest BCUT2D eigenvalue weighted by Crippen LogP contribution is -2.23. The van der Waals surface area contributed by atoms with E-state index in [1.54, 1.807) is 12.1 Å². The predicted octanol–water partition coefficient (Wildman–Crippen LogP) is 1.66. The number of hydrogen-bond donors (Lipinski definition) is 3. The van der Waals surface area contributed by atoms with Crippen molar-refractivity contribution in [2.75, 3.05) is 5.88 Å². The van der Waals surface area contributed by atoms with E-state index in [0.717, 1.165) is 0 Å². The third kappa shape index (κ3) is 5.09. The monoisotopic (exact) mass is 319 g/mol. The van der Waals surface area contributed by atoms with E-state index in [2.05, 4.69) is 10.3 Å². The molecule has 0 saturated heterocycles. The molecule has 0 aliphatic heterocycles. The maximum atomic E-state index is 11.4. The highest BCUT2D eigenvalue weighted by Crippen LogP contribution is 2.23. The number of nitrogens with zero attached hydrogens (tertiary/aromatic N) is 1. The molecule has 4 N–H and O–H groups in total. The lowest BCUT2D eigenvalue weighted by Gasteiger charge is -2.11. The van der Waals surface area contributed by atoms with Crippen LogP contribution in [0.2, 0.25) is 0 Å². The van der Waals surface area contributed by atoms with Gasteiger partial charge in [-0.2, -0.15) is 8.42 Å². The number of alkyl halides is 1. The largest absolute Gasteiger partial charge is 0.386 e. The van der Waals surface area contributed by atoms with Crippen molar-refractivity contribution in [3.8, 4) is 0 Å². The predicted molar refractivity (Wildman–Crippen MR) is 80.2 cm³/mol. The lowest BCUT2D eigenvalue weighted by molar-refractivity contribution is 0.480. The first-order valence-corrected chi connectivity index (χ1v) is 7.94. The SMILES string of the molecule is CC(C)NCc1ccc(N=C(N)CCl)cc1S(=O)(=O)O. The van der Waals surface area contributed by atoms with Crippen LogP contribution in [0.4, 0.5) is 5.69 Å². The molecule has 0 aliphatic rings. The number of hydrogen-bond acceptors (Lipinski definition) is 4. The van der Waals surface area contributed by atoms with E-state index in [4.69, 9.17) is 17.3 Å². The fraction of sp³-hybridized carbons (Fsp3) is 0.417. The Kier molecular flexibility index (Phi) is 5.94. The molecule has 6 nitrogen and oxygen atoms in total. The molecule has 0 bridgehead atoms. The second kappa shape index (κ2) is 7.03. The Morgan fingerprint density at radius 1 is 1.50 bits per heavy atom. The van der Waals surface area contributed by atoms with Gasteiger partial charge in [-0.15, -0.1) is 11.6 Å². The van der Waals surface area contributed by atoms with Gasteiger partial charge in [0.05, 0.1) is 11.6 Å². The Bertz CT molecular complexity index is 600. The fourth-order valence-corrected chi connectivity index (χ4v) is 2.31. The maximum Gasteiger partial charge on any atom is 0.294 e. The van der Waals surface area contributed by atoms with Crippen LogP contribution in [-0.2, 0) is 16.7 Å². The molecule has 20 heavy (non-hydrogen) atoms. The van der Waals surface area contributed by atoms with Crippen molar-refractivity contribution in [3.05, 3.63) is 23.8 Å². The Hall–Kier alpha value is -1.15. The standard InChI is InChI=1S/C12H18ClN3O3S/c1-8(2)15-7-9-3-4-10(16-12(14)6-13)5-11(9)20(17,18)19/h3-5,8,15H,6-7H2,1-2H3,(H2,14,16)(H,17,18,19). The van der Waals surface area contributed by atoms with E-state index < -0.39 is 10.1 Å². The molecule has 0 fully saturated rings. The molecule has 0 unspecified atom stereocenters. The second-order valence-corrected chi connectivity index (χ2v) is 6.20. The molecule has 0 aliphatic carbocycles. The molecule has 0 saturated carbocycles. The van der Waals surface area contributed by atoms with E-state index in [1.807, 2.05) is 13.8 Å². The van der Waals surface area contributed by atoms with Crippen molar-refractivity contribution in [2.45, 2.75) is 31.3 Å². The Morgan fingerprint density at radius 3 is 2.65 bits per heavy atom. The van der Waals surface area contributed by atoms with Crippen LogP contribution >= 0.6 is 11.6 Å². The minimum absolute atomic E-state index is 0.0395. The quantitative estimate of drug-likeness (QED) is 0.320. The highest BCUT2D eigenvalue weighted by Gasteiger charge is 2.16. The third-order valence-electron chi connectivity index (χ3n) is 2.44. The molecular formula is C12H18ClN3O3S. The zero-order valence-corrected chi connectivity index (χ0v) is 12.9. The van der Waals surface area contributed by atoms with Gasteiger partial charge in [0, 0.05) is 12.6 Å². The molecule has 0 spiro atoms. The van der Waals surface area contributed by atoms with Gasteiger partial charge >= 0.3 is 0 Å². The summed E-state index contributed by atoms with van der Waals surface area (Å²) in [7, 11) is -4.33. The van der Waals surface area contributed by atoms with Crippen molar-refractivity contribution < 1.29 is 13.0 Å². The van der Waals surface area contributed by atoms with Crippen molar-refractivity contribution >= 4 is 33.2 Å². The third-order valence-corrected chi connectivity index (χ3v) is 3.65. The lowest BCUT2D eigenvalue weighted by atomic mass is 10.2. The summed E-state index contributed by atoms with van der Waals surface area (Å²) >= 11 is 5.51. The zero-order valence-electron chi connectivity index (χ0n) is 11.3. The summed E-state index contributed by atoms with van der Waals surface area (Å²) < 4.78 is 32.1. The Labute approximate surface area is 123 Å². The first-order valence-electron chi connectivity index (χ1n) is 5.97. The number of aliphatic imine (C=N–C) groups is 1. The summed E-state index contributed by atoms with van der Waals surface area (Å²) in [6.45, 7) is 4.20. The van der Waals surface area contributed by atoms with Crippen LogP contribution in [0.5, 0.6) is 0 Å². The van der Waals surface area contributed by atoms with E-state index in [-0.39, 0.29) is 22.7 Å². The summed E-state index contributed by atoms with van der Waals surface area (Å²) in [4.78, 5) is 3.77. The van der Waals surface area contributed by atoms with Crippen molar-refractivity contribution in [1.82, 2.24) is 5.32 Å². The van der Waals surface area contributed by atoms with Gasteiger partial charge in [0.2, 0.25) is 0 Å². The number of nitrogens with two attached hydrogens (primary N) is 1. The topological polar surface area (TPSA) is 105 Å². The van der Waals surface area contributed by atoms with E-state index in [0.29, 0.717) is 17.8 Å². The number of amidine groups is 1. The van der Waals surface area contributed by atoms with Gasteiger partial charge in [-0.3, -0.25) is 4.55 Å². The minimum Gasteiger partial charge on any atom is -0.386 e. The highest BCUT2D eigenvalue weighted by molar-refractivity contribution is 7.85. The molecule has 1 aromatic rings. The summed E-state index contributed by atoms with van der Waals surface area (Å²) in [5.74, 6) is 0.207. The van der Waals surface area contributed by atoms with Crippen LogP contribution in [0.3, 0.4) is 0 Å². The van der Waals surface area contributed by atoms with E-state index in [1.165, 1.54) is 6.07 Å². The average Bonchev–Trinajstić information content (AvgIpc) is 2.35. The highest BCUT2D eigenvalue weighted by atomic mass is 35.5. The van der Waals surface area contributed by atoms with E-state index in [9.17, 15) is 13.0 Å². The molecule has 0 heterocycles. The summed E-state index contributed by atoms with van der Waals surface area (Å²) in [6.07, 6.45) is 0. The normalized spacial score (nSPS) is 12.9. The summed E-state index contributed by atoms with van der Waals surface area (Å²) in [5.41, 5.74) is 6.28. The summed E-state index contributed by atoms with van der Waals surface area (Å²) in [5, 5.41) is 3.09. The summed E-state index contributed by atoms with van der Waals surface area (Å²) in [6, 6.07) is 4.66. The maximum absolute atomic E-state index is 11.4. The van der Waals surface area contributed by atoms with Crippen molar-refractivity contribution in [1.29, 1.82) is 0 Å². The van der Waals surface area contributed by atoms with Gasteiger partial charge in [-0.1, -0.05) is 19.9 Å². The van der Waals surface area contributed by atoms with Gasteiger partial charge in [-0.25, -0.2) is 4.99 Å². The average molecular weight is 320 g/mol. The number of halogens is 1. The van der Waals surface area contributed by atoms with E-state index >= 15 is 0 Å². The molecule has 1 aromatic carbocycles. The fourth-order valence-electron chi connectivity index (χ4n) is 1.51. The van der Waals surface area contributed by atoms with Crippen molar-refractivity contribution in [3.63, 3.8) is 0 Å². The first kappa shape index (κ1) is 16.9. The van der Waals surface area contributed by atoms with Crippen LogP contribution in [0.15, 0.2) is 28.1 Å². The number of benzene rings is 1. The number of nitrogens with one attached hydrogen (secondary N) is 1. The Balaban J connectivity index is 3.21. The smallest absolute Gasteiger partial charge is 0.294 e. The molecule has 8 heteroatoms. The molecule has 112 valence electrons. The molecule has 0 radical (unpaired) electrons. The van der Waals surface area contributed by atoms with Crippen LogP contribution in [0.1, 0.15) is 19.4 Å². The number of rotatable bonds is 6. The van der Waals surface area contributed by atoms with Gasteiger partial charge in [-0.05, 0) is 17.7 Å². The molecule has 0 amide bonds. The first-order chi connectivity index (χ1) is 9.24. The van der Waals surface area contributed by atoms with Gasteiger partial charge in [0.15, 0.2) is 0 Å². The Morgan fingerprint density at radius 2 is 2.15 bits per heavy atom. The van der Waals surface area contributed by atoms with Gasteiger partial charge in [0.1, 0.15) is 10.7 Å². The molecule has 0 aromatic heterocycles. The van der Waals surface area contributed by atoms with Crippen LogP contribution in [0, 0.1) is 0 Å². The van der Waals surface area contributed by atoms with Crippen LogP contribution < -0.4 is 11.1 Å².